The number of nitrogens with zero attached hydrogens (tertiary/aromatic N) is 1. The molecule has 1 saturated heterocycles. The third-order valence-electron chi connectivity index (χ3n) is 3.66. The third-order valence-corrected chi connectivity index (χ3v) is 5.14. The molecule has 0 spiro atoms. The molecule has 0 bridgehead atoms. The van der Waals surface area contributed by atoms with Gasteiger partial charge in [0.1, 0.15) is 5.75 Å². The van der Waals surface area contributed by atoms with E-state index in [1.165, 1.54) is 17.7 Å². The lowest BCUT2D eigenvalue weighted by atomic mass is 9.95. The second-order valence-electron chi connectivity index (χ2n) is 4.75. The number of carbonyl (C=O) groups is 1. The summed E-state index contributed by atoms with van der Waals surface area (Å²) in [5, 5.41) is 0. The number of benzene rings is 1. The fraction of sp³-hybridized carbons (Fsp3) is 0.462. The van der Waals surface area contributed by atoms with Crippen molar-refractivity contribution in [2.75, 3.05) is 24.3 Å². The molecule has 3 rings (SSSR count). The topological polar surface area (TPSA) is 29.5 Å². The van der Waals surface area contributed by atoms with Crippen LogP contribution in [-0.4, -0.2) is 25.3 Å². The monoisotopic (exact) mass is 249 g/mol. The van der Waals surface area contributed by atoms with Crippen LogP contribution in [-0.2, 0) is 9.54 Å². The molecule has 0 saturated carbocycles. The van der Waals surface area contributed by atoms with Crippen molar-refractivity contribution in [1.82, 2.24) is 0 Å². The van der Waals surface area contributed by atoms with Crippen molar-refractivity contribution in [3.63, 3.8) is 0 Å². The number of thioether (sulfide) groups is 1. The molecule has 0 N–H and O–H groups in total. The predicted molar refractivity (Wildman–Crippen MR) is 69.8 cm³/mol. The number of carbonyl (C=O) groups excluding carboxylic acids is 1. The van der Waals surface area contributed by atoms with Crippen LogP contribution in [0.5, 0.6) is 5.75 Å². The van der Waals surface area contributed by atoms with E-state index in [0.29, 0.717) is 0 Å². The van der Waals surface area contributed by atoms with Gasteiger partial charge in [-0.1, -0.05) is 6.07 Å². The Labute approximate surface area is 105 Å². The summed E-state index contributed by atoms with van der Waals surface area (Å²) in [6, 6.07) is 6.20. The van der Waals surface area contributed by atoms with E-state index in [9.17, 15) is 4.79 Å². The van der Waals surface area contributed by atoms with E-state index in [1.54, 1.807) is 4.90 Å². The molecule has 1 aromatic carbocycles. The van der Waals surface area contributed by atoms with Gasteiger partial charge in [0.2, 0.25) is 0 Å². The van der Waals surface area contributed by atoms with Crippen LogP contribution >= 0.6 is 11.8 Å². The first kappa shape index (κ1) is 11.0. The minimum Gasteiger partial charge on any atom is -0.482 e. The molecule has 1 amide bonds. The second-order valence-corrected chi connectivity index (χ2v) is 6.35. The van der Waals surface area contributed by atoms with Crippen molar-refractivity contribution in [3.8, 4) is 5.75 Å². The van der Waals surface area contributed by atoms with Gasteiger partial charge in [0.15, 0.2) is 6.61 Å². The highest BCUT2D eigenvalue weighted by Gasteiger charge is 2.35. The molecule has 1 unspecified atom stereocenters. The van der Waals surface area contributed by atoms with E-state index in [2.05, 4.69) is 19.1 Å². The van der Waals surface area contributed by atoms with Gasteiger partial charge < -0.3 is 9.64 Å². The molecule has 3 nitrogen and oxygen atoms in total. The van der Waals surface area contributed by atoms with Gasteiger partial charge in [-0.25, -0.2) is 0 Å². The zero-order valence-electron chi connectivity index (χ0n) is 10.0. The Kier molecular flexibility index (Phi) is 2.36. The van der Waals surface area contributed by atoms with Crippen molar-refractivity contribution < 1.29 is 9.53 Å². The normalized spacial score (nSPS) is 27.2. The van der Waals surface area contributed by atoms with Crippen LogP contribution in [0.2, 0.25) is 0 Å². The number of ether oxygens (including phenoxy) is 1. The number of fused-ring (bicyclic) bond motifs is 1. The largest absolute Gasteiger partial charge is 0.482 e. The van der Waals surface area contributed by atoms with Crippen LogP contribution in [0.3, 0.4) is 0 Å². The van der Waals surface area contributed by atoms with Crippen molar-refractivity contribution in [2.45, 2.75) is 18.1 Å². The minimum atomic E-state index is 0.0149. The lowest BCUT2D eigenvalue weighted by Crippen LogP contribution is -2.36. The molecule has 0 aromatic heterocycles. The Morgan fingerprint density at radius 2 is 2.24 bits per heavy atom. The highest BCUT2D eigenvalue weighted by Crippen LogP contribution is 2.50. The third kappa shape index (κ3) is 1.62. The standard InChI is InChI=1S/C13H15NO2S/c1-13(5-6-17-13)9-3-4-11-10(7-9)14(2)12(15)8-16-11/h3-4,7H,5-6,8H2,1-2H3. The molecule has 0 aliphatic carbocycles. The van der Waals surface area contributed by atoms with Crippen LogP contribution in [0, 0.1) is 0 Å². The predicted octanol–water partition coefficient (Wildman–Crippen LogP) is 2.39. The summed E-state index contributed by atoms with van der Waals surface area (Å²) >= 11 is 1.97. The zero-order valence-corrected chi connectivity index (χ0v) is 10.8. The minimum absolute atomic E-state index is 0.0149. The summed E-state index contributed by atoms with van der Waals surface area (Å²) in [4.78, 5) is 13.3. The van der Waals surface area contributed by atoms with Gasteiger partial charge in [-0.15, -0.1) is 0 Å². The van der Waals surface area contributed by atoms with E-state index in [1.807, 2.05) is 24.9 Å². The molecule has 0 radical (unpaired) electrons. The van der Waals surface area contributed by atoms with Crippen molar-refractivity contribution in [1.29, 1.82) is 0 Å². The van der Waals surface area contributed by atoms with Gasteiger partial charge in [0.05, 0.1) is 5.69 Å². The fourth-order valence-corrected chi connectivity index (χ4v) is 3.35. The van der Waals surface area contributed by atoms with E-state index in [-0.39, 0.29) is 17.3 Å². The Balaban J connectivity index is 2.03. The van der Waals surface area contributed by atoms with Crippen LogP contribution in [0.4, 0.5) is 5.69 Å². The smallest absolute Gasteiger partial charge is 0.264 e. The molecule has 2 heterocycles. The van der Waals surface area contributed by atoms with Crippen molar-refractivity contribution in [2.24, 2.45) is 0 Å². The fourth-order valence-electron chi connectivity index (χ4n) is 2.24. The van der Waals surface area contributed by atoms with E-state index < -0.39 is 0 Å². The number of hydrogen-bond acceptors (Lipinski definition) is 3. The van der Waals surface area contributed by atoms with Gasteiger partial charge in [-0.3, -0.25) is 4.79 Å². The molecule has 2 aliphatic rings. The van der Waals surface area contributed by atoms with Gasteiger partial charge in [0, 0.05) is 11.8 Å². The average Bonchev–Trinajstić information content (AvgIpc) is 2.31. The van der Waals surface area contributed by atoms with Crippen LogP contribution in [0.25, 0.3) is 0 Å². The maximum atomic E-state index is 11.6. The molecular formula is C13H15NO2S. The number of amides is 1. The summed E-state index contributed by atoms with van der Waals surface area (Å²) in [6.45, 7) is 2.41. The molecular weight excluding hydrogens is 234 g/mol. The molecule has 2 aliphatic heterocycles. The molecule has 90 valence electrons. The van der Waals surface area contributed by atoms with E-state index in [4.69, 9.17) is 4.74 Å². The first-order valence-corrected chi connectivity index (χ1v) is 6.76. The Morgan fingerprint density at radius 3 is 2.88 bits per heavy atom. The first-order valence-electron chi connectivity index (χ1n) is 5.78. The van der Waals surface area contributed by atoms with Crippen LogP contribution in [0.1, 0.15) is 18.9 Å². The quantitative estimate of drug-likeness (QED) is 0.765. The van der Waals surface area contributed by atoms with Gasteiger partial charge in [-0.05, 0) is 36.8 Å². The van der Waals surface area contributed by atoms with Crippen molar-refractivity contribution >= 4 is 23.4 Å². The number of likely N-dealkylation sites (N-methyl/N-ethyl adjacent to an activating group) is 1. The van der Waals surface area contributed by atoms with E-state index >= 15 is 0 Å². The molecule has 1 atom stereocenters. The molecule has 1 aromatic rings. The summed E-state index contributed by atoms with van der Waals surface area (Å²) in [7, 11) is 1.81. The van der Waals surface area contributed by atoms with Gasteiger partial charge in [0.25, 0.3) is 5.91 Å². The number of hydrogen-bond donors (Lipinski definition) is 0. The van der Waals surface area contributed by atoms with Crippen molar-refractivity contribution in [3.05, 3.63) is 23.8 Å². The molecule has 4 heteroatoms. The Hall–Kier alpha value is -1.16. The zero-order chi connectivity index (χ0) is 12.0. The highest BCUT2D eigenvalue weighted by atomic mass is 32.2. The average molecular weight is 249 g/mol. The summed E-state index contributed by atoms with van der Waals surface area (Å²) in [5.74, 6) is 2.05. The maximum absolute atomic E-state index is 11.6. The Morgan fingerprint density at radius 1 is 1.47 bits per heavy atom. The molecule has 1 fully saturated rings. The second kappa shape index (κ2) is 3.67. The van der Waals surface area contributed by atoms with E-state index in [0.717, 1.165) is 11.4 Å². The number of rotatable bonds is 1. The summed E-state index contributed by atoms with van der Waals surface area (Å²) < 4.78 is 5.65. The summed E-state index contributed by atoms with van der Waals surface area (Å²) in [5.41, 5.74) is 2.19. The number of anilines is 1. The lowest BCUT2D eigenvalue weighted by molar-refractivity contribution is -0.120. The summed E-state index contributed by atoms with van der Waals surface area (Å²) in [6.07, 6.45) is 1.20. The Bertz CT molecular complexity index is 482. The lowest BCUT2D eigenvalue weighted by Gasteiger charge is -2.39. The SMILES string of the molecule is CN1C(=O)COc2ccc(C3(C)CCS3)cc21. The highest BCUT2D eigenvalue weighted by molar-refractivity contribution is 8.01. The van der Waals surface area contributed by atoms with Gasteiger partial charge >= 0.3 is 0 Å². The maximum Gasteiger partial charge on any atom is 0.264 e. The van der Waals surface area contributed by atoms with Gasteiger partial charge in [-0.2, -0.15) is 11.8 Å². The van der Waals surface area contributed by atoms with Crippen LogP contribution in [0.15, 0.2) is 18.2 Å². The first-order chi connectivity index (χ1) is 8.10. The van der Waals surface area contributed by atoms with Crippen LogP contribution < -0.4 is 9.64 Å². The molecule has 17 heavy (non-hydrogen) atoms.